The van der Waals surface area contributed by atoms with Crippen molar-refractivity contribution in [3.63, 3.8) is 0 Å². The Balaban J connectivity index is 2.08. The molecule has 0 fully saturated rings. The van der Waals surface area contributed by atoms with E-state index in [1.165, 1.54) is 6.08 Å². The number of amides is 1. The maximum absolute atomic E-state index is 12.9. The molecule has 0 atom stereocenters. The minimum atomic E-state index is -4.52. The van der Waals surface area contributed by atoms with Crippen molar-refractivity contribution >= 4 is 27.5 Å². The topological polar surface area (TPSA) is 55.2 Å². The number of thiophene rings is 1. The molecule has 0 unspecified atom stereocenters. The fraction of sp³-hybridized carbons (Fsp3) is 0.500. The lowest BCUT2D eigenvalue weighted by Crippen LogP contribution is -2.39. The number of fused-ring (bicyclic) bond motifs is 2. The third kappa shape index (κ3) is 3.92. The lowest BCUT2D eigenvalue weighted by atomic mass is 10.2. The van der Waals surface area contributed by atoms with Crippen LogP contribution in [0.3, 0.4) is 0 Å². The first-order chi connectivity index (χ1) is 12.7. The Bertz CT molecular complexity index is 946. The number of rotatable bonds is 4. The highest BCUT2D eigenvalue weighted by molar-refractivity contribution is 7.20. The van der Waals surface area contributed by atoms with Crippen LogP contribution in [0.1, 0.15) is 40.3 Å². The van der Waals surface area contributed by atoms with Crippen LogP contribution in [-0.4, -0.2) is 39.6 Å². The summed E-state index contributed by atoms with van der Waals surface area (Å²) in [5, 5.41) is 0.333. The van der Waals surface area contributed by atoms with Gasteiger partial charge in [-0.05, 0) is 25.3 Å². The third-order valence-corrected chi connectivity index (χ3v) is 5.79. The first kappa shape index (κ1) is 19.6. The molecule has 27 heavy (non-hydrogen) atoms. The van der Waals surface area contributed by atoms with Crippen molar-refractivity contribution < 1.29 is 18.0 Å². The number of hydrogen-bond acceptors (Lipinski definition) is 4. The number of alkyl halides is 3. The zero-order valence-electron chi connectivity index (χ0n) is 14.9. The van der Waals surface area contributed by atoms with E-state index < -0.39 is 18.6 Å². The highest BCUT2D eigenvalue weighted by Gasteiger charge is 2.34. The molecule has 1 aliphatic rings. The van der Waals surface area contributed by atoms with Gasteiger partial charge in [-0.2, -0.15) is 13.2 Å². The molecular formula is C18H20F3N3O2S. The third-order valence-electron chi connectivity index (χ3n) is 4.61. The van der Waals surface area contributed by atoms with Gasteiger partial charge in [-0.1, -0.05) is 12.5 Å². The summed E-state index contributed by atoms with van der Waals surface area (Å²) in [7, 11) is 0. The number of aromatic nitrogens is 2. The van der Waals surface area contributed by atoms with Gasteiger partial charge in [0.2, 0.25) is 0 Å². The normalized spacial score (nSPS) is 14.7. The Morgan fingerprint density at radius 3 is 2.78 bits per heavy atom. The Kier molecular flexibility index (Phi) is 5.41. The molecule has 146 valence electrons. The van der Waals surface area contributed by atoms with Crippen LogP contribution in [0.15, 0.2) is 17.4 Å². The summed E-state index contributed by atoms with van der Waals surface area (Å²) in [6.45, 7) is 4.00. The molecular weight excluding hydrogens is 379 g/mol. The number of halogens is 3. The van der Waals surface area contributed by atoms with Crippen LogP contribution in [0, 0.1) is 6.92 Å². The minimum Gasteiger partial charge on any atom is -0.325 e. The molecule has 5 nitrogen and oxygen atoms in total. The van der Waals surface area contributed by atoms with Crippen LogP contribution in [0.5, 0.6) is 0 Å². The molecule has 2 aromatic rings. The Labute approximate surface area is 158 Å². The second kappa shape index (κ2) is 7.46. The number of hydrogen-bond donors (Lipinski definition) is 0. The van der Waals surface area contributed by atoms with Gasteiger partial charge >= 0.3 is 6.18 Å². The number of carbonyl (C=O) groups is 1. The molecule has 0 spiro atoms. The van der Waals surface area contributed by atoms with Gasteiger partial charge in [0.15, 0.2) is 0 Å². The van der Waals surface area contributed by atoms with E-state index in [1.807, 2.05) is 0 Å². The van der Waals surface area contributed by atoms with Gasteiger partial charge in [0.25, 0.3) is 11.5 Å². The van der Waals surface area contributed by atoms with Crippen LogP contribution in [0.2, 0.25) is 0 Å². The molecule has 2 aromatic heterocycles. The Hall–Kier alpha value is -2.16. The summed E-state index contributed by atoms with van der Waals surface area (Å²) in [5.41, 5.74) is 0.184. The van der Waals surface area contributed by atoms with E-state index in [0.29, 0.717) is 39.5 Å². The summed E-state index contributed by atoms with van der Waals surface area (Å²) in [6.07, 6.45) is 0.260. The molecule has 3 rings (SSSR count). The van der Waals surface area contributed by atoms with Crippen molar-refractivity contribution in [3.8, 4) is 0 Å². The standard InChI is InChI=1S/C18H20F3N3O2S/c1-3-8-23(10-18(19,20)21)17(26)14-11(2)13-15(27-14)22-12-7-5-4-6-9-24(12)16(13)25/h3H,1,4-10H2,2H3. The molecule has 1 amide bonds. The fourth-order valence-corrected chi connectivity index (χ4v) is 4.51. The van der Waals surface area contributed by atoms with Gasteiger partial charge in [0.05, 0.1) is 10.3 Å². The van der Waals surface area contributed by atoms with E-state index in [4.69, 9.17) is 0 Å². The fourth-order valence-electron chi connectivity index (χ4n) is 3.35. The molecule has 9 heteroatoms. The molecule has 1 aliphatic heterocycles. The van der Waals surface area contributed by atoms with Crippen LogP contribution >= 0.6 is 11.3 Å². The van der Waals surface area contributed by atoms with E-state index in [0.717, 1.165) is 30.6 Å². The second-order valence-corrected chi connectivity index (χ2v) is 7.62. The number of nitrogens with zero attached hydrogens (tertiary/aromatic N) is 3. The van der Waals surface area contributed by atoms with Crippen molar-refractivity contribution in [1.29, 1.82) is 0 Å². The average Bonchev–Trinajstić information content (AvgIpc) is 2.76. The molecule has 0 aromatic carbocycles. The van der Waals surface area contributed by atoms with Crippen molar-refractivity contribution in [2.45, 2.75) is 45.3 Å². The van der Waals surface area contributed by atoms with Gasteiger partial charge in [0.1, 0.15) is 17.2 Å². The lowest BCUT2D eigenvalue weighted by molar-refractivity contribution is -0.139. The zero-order valence-corrected chi connectivity index (χ0v) is 15.8. The molecule has 0 N–H and O–H groups in total. The van der Waals surface area contributed by atoms with Crippen molar-refractivity contribution in [3.05, 3.63) is 39.3 Å². The van der Waals surface area contributed by atoms with Crippen LogP contribution in [0.4, 0.5) is 13.2 Å². The van der Waals surface area contributed by atoms with Crippen molar-refractivity contribution in [1.82, 2.24) is 14.5 Å². The smallest absolute Gasteiger partial charge is 0.325 e. The van der Waals surface area contributed by atoms with Crippen LogP contribution < -0.4 is 5.56 Å². The molecule has 0 aliphatic carbocycles. The summed E-state index contributed by atoms with van der Waals surface area (Å²) in [4.78, 5) is 31.4. The summed E-state index contributed by atoms with van der Waals surface area (Å²) in [6, 6.07) is 0. The highest BCUT2D eigenvalue weighted by Crippen LogP contribution is 2.30. The predicted molar refractivity (Wildman–Crippen MR) is 98.3 cm³/mol. The predicted octanol–water partition coefficient (Wildman–Crippen LogP) is 3.68. The summed E-state index contributed by atoms with van der Waals surface area (Å²) < 4.78 is 40.1. The van der Waals surface area contributed by atoms with Gasteiger partial charge in [-0.15, -0.1) is 17.9 Å². The summed E-state index contributed by atoms with van der Waals surface area (Å²) >= 11 is 0.989. The zero-order chi connectivity index (χ0) is 19.8. The molecule has 0 bridgehead atoms. The Morgan fingerprint density at radius 1 is 1.37 bits per heavy atom. The maximum atomic E-state index is 12.9. The quantitative estimate of drug-likeness (QED) is 0.737. The molecule has 3 heterocycles. The van der Waals surface area contributed by atoms with Crippen molar-refractivity contribution in [2.75, 3.05) is 13.1 Å². The minimum absolute atomic E-state index is 0.126. The maximum Gasteiger partial charge on any atom is 0.406 e. The number of carbonyl (C=O) groups excluding carboxylic acids is 1. The molecule has 0 saturated carbocycles. The summed E-state index contributed by atoms with van der Waals surface area (Å²) in [5.74, 6) is -0.0733. The monoisotopic (exact) mass is 399 g/mol. The first-order valence-corrected chi connectivity index (χ1v) is 9.54. The van der Waals surface area contributed by atoms with Gasteiger partial charge in [0, 0.05) is 19.5 Å². The average molecular weight is 399 g/mol. The van der Waals surface area contributed by atoms with E-state index >= 15 is 0 Å². The second-order valence-electron chi connectivity index (χ2n) is 6.62. The van der Waals surface area contributed by atoms with E-state index in [1.54, 1.807) is 11.5 Å². The van der Waals surface area contributed by atoms with Gasteiger partial charge in [-0.25, -0.2) is 4.98 Å². The Morgan fingerprint density at radius 2 is 2.11 bits per heavy atom. The van der Waals surface area contributed by atoms with Gasteiger partial charge in [-0.3, -0.25) is 14.2 Å². The van der Waals surface area contributed by atoms with E-state index in [2.05, 4.69) is 11.6 Å². The number of aryl methyl sites for hydroxylation is 2. The van der Waals surface area contributed by atoms with Crippen LogP contribution in [-0.2, 0) is 13.0 Å². The molecule has 0 radical (unpaired) electrons. The highest BCUT2D eigenvalue weighted by atomic mass is 32.1. The van der Waals surface area contributed by atoms with Crippen molar-refractivity contribution in [2.24, 2.45) is 0 Å². The molecule has 0 saturated heterocycles. The lowest BCUT2D eigenvalue weighted by Gasteiger charge is -2.22. The van der Waals surface area contributed by atoms with Crippen LogP contribution in [0.25, 0.3) is 10.2 Å². The largest absolute Gasteiger partial charge is 0.406 e. The van der Waals surface area contributed by atoms with E-state index in [9.17, 15) is 22.8 Å². The SMILES string of the molecule is C=CCN(CC(F)(F)F)C(=O)c1sc2nc3n(c(=O)c2c1C)CCCCC3. The first-order valence-electron chi connectivity index (χ1n) is 8.72. The van der Waals surface area contributed by atoms with Gasteiger partial charge < -0.3 is 4.90 Å². The van der Waals surface area contributed by atoms with E-state index in [-0.39, 0.29) is 17.0 Å².